The highest BCUT2D eigenvalue weighted by Crippen LogP contribution is 2.51. The zero-order chi connectivity index (χ0) is 6.27. The van der Waals surface area contributed by atoms with Gasteiger partial charge in [-0.25, -0.2) is 0 Å². The second-order valence-corrected chi connectivity index (χ2v) is 3.62. The Morgan fingerprint density at radius 3 is 2.67 bits per heavy atom. The Balaban J connectivity index is 1.86. The van der Waals surface area contributed by atoms with Gasteiger partial charge >= 0.3 is 0 Å². The van der Waals surface area contributed by atoms with Crippen LogP contribution in [0.4, 0.5) is 0 Å². The normalized spacial score (nSPS) is 48.3. The fourth-order valence-corrected chi connectivity index (χ4v) is 2.11. The smallest absolute Gasteiger partial charge is 0.0459 e. The van der Waals surface area contributed by atoms with Crippen LogP contribution in [0, 0.1) is 17.8 Å². The summed E-state index contributed by atoms with van der Waals surface area (Å²) >= 11 is 0. The van der Waals surface area contributed by atoms with Gasteiger partial charge in [-0.15, -0.1) is 0 Å². The highest BCUT2D eigenvalue weighted by Gasteiger charge is 2.41. The minimum atomic E-state index is 0.434. The maximum atomic E-state index is 8.83. The number of aliphatic hydroxyl groups excluding tert-OH is 1. The molecule has 1 heteroatoms. The highest BCUT2D eigenvalue weighted by atomic mass is 16.3. The van der Waals surface area contributed by atoms with Gasteiger partial charge < -0.3 is 5.11 Å². The number of aliphatic hydroxyl groups is 1. The van der Waals surface area contributed by atoms with Crippen LogP contribution in [0.1, 0.15) is 25.7 Å². The Bertz CT molecular complexity index is 111. The molecule has 0 aromatic rings. The summed E-state index contributed by atoms with van der Waals surface area (Å²) in [4.78, 5) is 0. The molecule has 0 heterocycles. The summed E-state index contributed by atoms with van der Waals surface area (Å²) in [7, 11) is 0. The molecule has 0 radical (unpaired) electrons. The van der Waals surface area contributed by atoms with Crippen LogP contribution in [0.2, 0.25) is 0 Å². The zero-order valence-electron chi connectivity index (χ0n) is 5.71. The molecule has 0 aromatic carbocycles. The van der Waals surface area contributed by atoms with Gasteiger partial charge in [0, 0.05) is 6.61 Å². The molecule has 0 saturated heterocycles. The predicted molar refractivity (Wildman–Crippen MR) is 36.0 cm³/mol. The first-order valence-electron chi connectivity index (χ1n) is 4.01. The van der Waals surface area contributed by atoms with Gasteiger partial charge in [-0.1, -0.05) is 0 Å². The fourth-order valence-electron chi connectivity index (χ4n) is 2.11. The van der Waals surface area contributed by atoms with Crippen molar-refractivity contribution >= 4 is 0 Å². The van der Waals surface area contributed by atoms with Gasteiger partial charge in [-0.05, 0) is 43.4 Å². The van der Waals surface area contributed by atoms with Crippen LogP contribution in [-0.4, -0.2) is 11.7 Å². The summed E-state index contributed by atoms with van der Waals surface area (Å²) < 4.78 is 0. The van der Waals surface area contributed by atoms with Crippen molar-refractivity contribution in [3.05, 3.63) is 0 Å². The van der Waals surface area contributed by atoms with Crippen molar-refractivity contribution in [1.82, 2.24) is 0 Å². The summed E-state index contributed by atoms with van der Waals surface area (Å²) in [6, 6.07) is 0. The summed E-state index contributed by atoms with van der Waals surface area (Å²) in [6.07, 6.45) is 5.48. The van der Waals surface area contributed by atoms with E-state index in [1.165, 1.54) is 25.7 Å². The van der Waals surface area contributed by atoms with E-state index in [-0.39, 0.29) is 0 Å². The van der Waals surface area contributed by atoms with E-state index in [0.717, 1.165) is 11.8 Å². The predicted octanol–water partition coefficient (Wildman–Crippen LogP) is 1.41. The third-order valence-electron chi connectivity index (χ3n) is 2.91. The average Bonchev–Trinajstić information content (AvgIpc) is 2.64. The van der Waals surface area contributed by atoms with Crippen LogP contribution in [-0.2, 0) is 0 Å². The maximum Gasteiger partial charge on any atom is 0.0459 e. The van der Waals surface area contributed by atoms with E-state index in [1.54, 1.807) is 0 Å². The molecular weight excluding hydrogens is 112 g/mol. The Hall–Kier alpha value is -0.0400. The molecule has 2 aliphatic carbocycles. The summed E-state index contributed by atoms with van der Waals surface area (Å²) in [5.41, 5.74) is 0. The Kier molecular flexibility index (Phi) is 1.26. The first-order valence-corrected chi connectivity index (χ1v) is 4.01. The van der Waals surface area contributed by atoms with E-state index >= 15 is 0 Å². The largest absolute Gasteiger partial charge is 0.396 e. The lowest BCUT2D eigenvalue weighted by molar-refractivity contribution is 0.185. The Morgan fingerprint density at radius 1 is 1.11 bits per heavy atom. The van der Waals surface area contributed by atoms with Crippen molar-refractivity contribution in [3.8, 4) is 0 Å². The molecule has 2 saturated carbocycles. The summed E-state index contributed by atoms with van der Waals surface area (Å²) in [5.74, 6) is 2.76. The minimum Gasteiger partial charge on any atom is -0.396 e. The number of hydrogen-bond donors (Lipinski definition) is 1. The van der Waals surface area contributed by atoms with Gasteiger partial charge in [0.1, 0.15) is 0 Å². The van der Waals surface area contributed by atoms with Crippen LogP contribution in [0.5, 0.6) is 0 Å². The average molecular weight is 126 g/mol. The Morgan fingerprint density at radius 2 is 2.00 bits per heavy atom. The van der Waals surface area contributed by atoms with Crippen molar-refractivity contribution in [2.24, 2.45) is 17.8 Å². The lowest BCUT2D eigenvalue weighted by atomic mass is 9.90. The first kappa shape index (κ1) is 5.72. The molecule has 2 aliphatic rings. The molecule has 1 N–H and O–H groups in total. The van der Waals surface area contributed by atoms with Gasteiger partial charge in [-0.3, -0.25) is 0 Å². The molecule has 2 fully saturated rings. The number of rotatable bonds is 1. The third-order valence-corrected chi connectivity index (χ3v) is 2.91. The second-order valence-electron chi connectivity index (χ2n) is 3.62. The van der Waals surface area contributed by atoms with Gasteiger partial charge in [0.25, 0.3) is 0 Å². The molecule has 0 aromatic heterocycles. The van der Waals surface area contributed by atoms with Gasteiger partial charge in [0.05, 0.1) is 0 Å². The molecule has 0 spiro atoms. The van der Waals surface area contributed by atoms with E-state index in [4.69, 9.17) is 5.11 Å². The molecule has 1 nitrogen and oxygen atoms in total. The SMILES string of the molecule is OC[C@@H]1CC[C@@H]2C[C@@H]2C1. The van der Waals surface area contributed by atoms with Gasteiger partial charge in [-0.2, -0.15) is 0 Å². The van der Waals surface area contributed by atoms with E-state index in [1.807, 2.05) is 0 Å². The second kappa shape index (κ2) is 1.98. The van der Waals surface area contributed by atoms with Crippen molar-refractivity contribution in [2.45, 2.75) is 25.7 Å². The monoisotopic (exact) mass is 126 g/mol. The molecule has 52 valence electrons. The standard InChI is InChI=1S/C8H14O/c9-5-6-1-2-7-4-8(7)3-6/h6-9H,1-5H2/t6-,7-,8+/m1/s1. The lowest BCUT2D eigenvalue weighted by Gasteiger charge is -2.17. The molecule has 9 heavy (non-hydrogen) atoms. The van der Waals surface area contributed by atoms with Crippen LogP contribution < -0.4 is 0 Å². The van der Waals surface area contributed by atoms with Crippen molar-refractivity contribution in [3.63, 3.8) is 0 Å². The van der Waals surface area contributed by atoms with Crippen molar-refractivity contribution in [1.29, 1.82) is 0 Å². The maximum absolute atomic E-state index is 8.83. The van der Waals surface area contributed by atoms with Crippen LogP contribution in [0.3, 0.4) is 0 Å². The van der Waals surface area contributed by atoms with Gasteiger partial charge in [0.15, 0.2) is 0 Å². The topological polar surface area (TPSA) is 20.2 Å². The number of fused-ring (bicyclic) bond motifs is 1. The number of hydrogen-bond acceptors (Lipinski definition) is 1. The van der Waals surface area contributed by atoms with Crippen LogP contribution in [0.25, 0.3) is 0 Å². The van der Waals surface area contributed by atoms with E-state index in [9.17, 15) is 0 Å². The molecular formula is C8H14O. The molecule has 3 atom stereocenters. The van der Waals surface area contributed by atoms with E-state index in [0.29, 0.717) is 12.5 Å². The van der Waals surface area contributed by atoms with Crippen molar-refractivity contribution < 1.29 is 5.11 Å². The van der Waals surface area contributed by atoms with Crippen LogP contribution in [0.15, 0.2) is 0 Å². The molecule has 0 amide bonds. The zero-order valence-corrected chi connectivity index (χ0v) is 5.71. The molecule has 0 unspecified atom stereocenters. The summed E-state index contributed by atoms with van der Waals surface area (Å²) in [6.45, 7) is 0.434. The molecule has 0 bridgehead atoms. The Labute approximate surface area is 56.1 Å². The van der Waals surface area contributed by atoms with E-state index in [2.05, 4.69) is 0 Å². The van der Waals surface area contributed by atoms with Gasteiger partial charge in [0.2, 0.25) is 0 Å². The van der Waals surface area contributed by atoms with Crippen LogP contribution >= 0.6 is 0 Å². The molecule has 2 rings (SSSR count). The lowest BCUT2D eigenvalue weighted by Crippen LogP contribution is -2.11. The van der Waals surface area contributed by atoms with Crippen molar-refractivity contribution in [2.75, 3.05) is 6.61 Å². The first-order chi connectivity index (χ1) is 4.40. The molecule has 0 aliphatic heterocycles. The quantitative estimate of drug-likeness (QED) is 0.563. The highest BCUT2D eigenvalue weighted by molar-refractivity contribution is 4.91. The summed E-state index contributed by atoms with van der Waals surface area (Å²) in [5, 5.41) is 8.83. The third kappa shape index (κ3) is 0.983. The van der Waals surface area contributed by atoms with E-state index < -0.39 is 0 Å². The minimum absolute atomic E-state index is 0.434. The fraction of sp³-hybridized carbons (Fsp3) is 1.00.